The minimum Gasteiger partial charge on any atom is -0.481 e. The number of aliphatic carboxylic acids is 1. The number of aromatic amines is 1. The molecule has 8 nitrogen and oxygen atoms in total. The number of hydrogen-bond donors (Lipinski definition) is 2. The molecule has 0 aliphatic heterocycles. The number of nitrogens with one attached hydrogen (secondary N) is 1. The third-order valence-corrected chi connectivity index (χ3v) is 7.26. The van der Waals surface area contributed by atoms with Crippen molar-refractivity contribution in [2.24, 2.45) is 0 Å². The van der Waals surface area contributed by atoms with Gasteiger partial charge >= 0.3 is 11.7 Å². The molecule has 36 heavy (non-hydrogen) atoms. The summed E-state index contributed by atoms with van der Waals surface area (Å²) in [5.74, 6) is 0.0317. The molecule has 0 spiro atoms. The van der Waals surface area contributed by atoms with E-state index in [1.165, 1.54) is 0 Å². The van der Waals surface area contributed by atoms with Crippen molar-refractivity contribution in [3.8, 4) is 0 Å². The first-order valence-corrected chi connectivity index (χ1v) is 12.3. The van der Waals surface area contributed by atoms with Gasteiger partial charge in [-0.2, -0.15) is 0 Å². The molecule has 0 amide bonds. The first kappa shape index (κ1) is 22.3. The van der Waals surface area contributed by atoms with Gasteiger partial charge in [-0.1, -0.05) is 42.5 Å². The number of carbonyl (C=O) groups is 1. The van der Waals surface area contributed by atoms with E-state index < -0.39 is 12.0 Å². The zero-order valence-electron chi connectivity index (χ0n) is 20.2. The van der Waals surface area contributed by atoms with Crippen LogP contribution in [0.25, 0.3) is 22.1 Å². The maximum Gasteiger partial charge on any atom is 0.331 e. The Hall–Kier alpha value is -4.20. The Morgan fingerprint density at radius 2 is 1.92 bits per heavy atom. The number of aryl methyl sites for hydroxylation is 1. The van der Waals surface area contributed by atoms with Crippen molar-refractivity contribution in [1.29, 1.82) is 0 Å². The normalized spacial score (nSPS) is 15.4. The largest absolute Gasteiger partial charge is 0.481 e. The molecule has 6 rings (SSSR count). The fourth-order valence-corrected chi connectivity index (χ4v) is 5.30. The van der Waals surface area contributed by atoms with Gasteiger partial charge in [0, 0.05) is 28.6 Å². The number of H-pyrrole nitrogens is 1. The van der Waals surface area contributed by atoms with Crippen LogP contribution in [-0.4, -0.2) is 35.2 Å². The van der Waals surface area contributed by atoms with Crippen molar-refractivity contribution in [1.82, 2.24) is 24.1 Å². The van der Waals surface area contributed by atoms with Gasteiger partial charge in [-0.15, -0.1) is 0 Å². The number of imidazole rings is 1. The molecule has 182 valence electrons. The predicted molar refractivity (Wildman–Crippen MR) is 137 cm³/mol. The van der Waals surface area contributed by atoms with Crippen LogP contribution in [0, 0.1) is 6.92 Å². The molecule has 1 fully saturated rings. The van der Waals surface area contributed by atoms with Gasteiger partial charge in [0.2, 0.25) is 0 Å². The summed E-state index contributed by atoms with van der Waals surface area (Å²) in [4.78, 5) is 38.9. The fourth-order valence-electron chi connectivity index (χ4n) is 5.30. The topological polar surface area (TPSA) is 106 Å². The Labute approximate surface area is 207 Å². The molecular weight excluding hydrogens is 454 g/mol. The maximum atomic E-state index is 14.2. The molecule has 2 N–H and O–H groups in total. The van der Waals surface area contributed by atoms with Crippen molar-refractivity contribution in [3.05, 3.63) is 93.9 Å². The molecule has 8 heteroatoms. The van der Waals surface area contributed by atoms with E-state index in [2.05, 4.69) is 23.0 Å². The first-order chi connectivity index (χ1) is 17.4. The lowest BCUT2D eigenvalue weighted by atomic mass is 10.0. The molecule has 1 saturated carbocycles. The Bertz CT molecular complexity index is 1660. The lowest BCUT2D eigenvalue weighted by molar-refractivity contribution is -0.137. The van der Waals surface area contributed by atoms with Crippen molar-refractivity contribution in [2.45, 2.75) is 51.1 Å². The van der Waals surface area contributed by atoms with Crippen LogP contribution >= 0.6 is 0 Å². The molecule has 1 aliphatic rings. The summed E-state index contributed by atoms with van der Waals surface area (Å²) in [7, 11) is 0. The molecule has 2 aromatic carbocycles. The van der Waals surface area contributed by atoms with E-state index in [1.54, 1.807) is 15.3 Å². The summed E-state index contributed by atoms with van der Waals surface area (Å²) in [5, 5.41) is 10.9. The van der Waals surface area contributed by atoms with Crippen LogP contribution in [0.1, 0.15) is 66.7 Å². The van der Waals surface area contributed by atoms with E-state index in [1.807, 2.05) is 55.6 Å². The molecule has 0 saturated heterocycles. The van der Waals surface area contributed by atoms with Gasteiger partial charge in [0.1, 0.15) is 11.3 Å². The molecule has 1 aliphatic carbocycles. The van der Waals surface area contributed by atoms with E-state index >= 15 is 0 Å². The number of rotatable bonds is 7. The number of aromatic nitrogens is 5. The van der Waals surface area contributed by atoms with Crippen LogP contribution in [0.3, 0.4) is 0 Å². The van der Waals surface area contributed by atoms with Crippen LogP contribution in [0.4, 0.5) is 0 Å². The van der Waals surface area contributed by atoms with Crippen molar-refractivity contribution < 1.29 is 9.90 Å². The van der Waals surface area contributed by atoms with Gasteiger partial charge in [0.05, 0.1) is 24.7 Å². The minimum atomic E-state index is -0.978. The number of nitrogens with zero attached hydrogens (tertiary/aromatic N) is 4. The molecule has 3 heterocycles. The standard InChI is InChI=1S/C28H27N5O3/c1-16-7-6-10-21-25(16)20(14-29-21)17(2)32-23-15-30-26(19-11-12-19)31-27(23)33(28(32)36)22(13-24(34)35)18-8-4-3-5-9-18/h3-10,14-15,17,19,22,29H,11-13H2,1-2H3,(H,34,35)/t17?,22-/m1/s1. The van der Waals surface area contributed by atoms with Crippen LogP contribution in [0.15, 0.2) is 65.7 Å². The van der Waals surface area contributed by atoms with Gasteiger partial charge in [-0.05, 0) is 43.9 Å². The van der Waals surface area contributed by atoms with E-state index in [-0.39, 0.29) is 18.2 Å². The van der Waals surface area contributed by atoms with E-state index in [0.29, 0.717) is 22.9 Å². The van der Waals surface area contributed by atoms with Gasteiger partial charge in [0.25, 0.3) is 0 Å². The summed E-state index contributed by atoms with van der Waals surface area (Å²) in [6.07, 6.45) is 5.50. The molecule has 1 unspecified atom stereocenters. The number of fused-ring (bicyclic) bond motifs is 2. The second-order valence-electron chi connectivity index (χ2n) is 9.68. The summed E-state index contributed by atoms with van der Waals surface area (Å²) in [5.41, 5.74) is 4.66. The highest BCUT2D eigenvalue weighted by molar-refractivity contribution is 5.87. The molecule has 2 atom stereocenters. The lowest BCUT2D eigenvalue weighted by Crippen LogP contribution is -2.31. The van der Waals surface area contributed by atoms with Crippen molar-refractivity contribution in [2.75, 3.05) is 0 Å². The zero-order valence-corrected chi connectivity index (χ0v) is 20.2. The average molecular weight is 482 g/mol. The monoisotopic (exact) mass is 481 g/mol. The van der Waals surface area contributed by atoms with E-state index in [4.69, 9.17) is 4.98 Å². The lowest BCUT2D eigenvalue weighted by Gasteiger charge is -2.17. The SMILES string of the molecule is Cc1cccc2[nH]cc(C(C)n3c(=O)n([C@H](CC(=O)O)c4ccccc4)c4nc(C5CC5)ncc43)c12. The smallest absolute Gasteiger partial charge is 0.331 e. The second kappa shape index (κ2) is 8.48. The highest BCUT2D eigenvalue weighted by Gasteiger charge is 2.31. The third kappa shape index (κ3) is 3.61. The van der Waals surface area contributed by atoms with Gasteiger partial charge in [-0.3, -0.25) is 13.9 Å². The Morgan fingerprint density at radius 1 is 1.14 bits per heavy atom. The summed E-state index contributed by atoms with van der Waals surface area (Å²) in [6, 6.07) is 14.4. The van der Waals surface area contributed by atoms with Gasteiger partial charge in [-0.25, -0.2) is 14.8 Å². The number of benzene rings is 2. The van der Waals surface area contributed by atoms with Crippen molar-refractivity contribution in [3.63, 3.8) is 0 Å². The molecule has 0 radical (unpaired) electrons. The van der Waals surface area contributed by atoms with E-state index in [0.717, 1.165) is 40.4 Å². The van der Waals surface area contributed by atoms with Crippen molar-refractivity contribution >= 4 is 28.0 Å². The van der Waals surface area contributed by atoms with Crippen LogP contribution < -0.4 is 5.69 Å². The highest BCUT2D eigenvalue weighted by Crippen LogP contribution is 2.39. The third-order valence-electron chi connectivity index (χ3n) is 7.26. The van der Waals surface area contributed by atoms with Gasteiger partial charge in [0.15, 0.2) is 5.65 Å². The Morgan fingerprint density at radius 3 is 2.64 bits per heavy atom. The summed E-state index contributed by atoms with van der Waals surface area (Å²) >= 11 is 0. The number of carboxylic acids is 1. The number of carboxylic acid groups (broad SMARTS) is 1. The maximum absolute atomic E-state index is 14.2. The van der Waals surface area contributed by atoms with Crippen LogP contribution in [0.2, 0.25) is 0 Å². The fraction of sp³-hybridized carbons (Fsp3) is 0.286. The number of hydrogen-bond acceptors (Lipinski definition) is 4. The molecular formula is C28H27N5O3. The highest BCUT2D eigenvalue weighted by atomic mass is 16.4. The Balaban J connectivity index is 1.61. The first-order valence-electron chi connectivity index (χ1n) is 12.3. The Kier molecular flexibility index (Phi) is 5.25. The van der Waals surface area contributed by atoms with Crippen LogP contribution in [-0.2, 0) is 4.79 Å². The molecule has 3 aromatic heterocycles. The molecule has 5 aromatic rings. The summed E-state index contributed by atoms with van der Waals surface area (Å²) < 4.78 is 3.27. The zero-order chi connectivity index (χ0) is 25.0. The quantitative estimate of drug-likeness (QED) is 0.343. The predicted octanol–water partition coefficient (Wildman–Crippen LogP) is 4.93. The minimum absolute atomic E-state index is 0.230. The average Bonchev–Trinajstić information content (AvgIpc) is 3.56. The van der Waals surface area contributed by atoms with Gasteiger partial charge < -0.3 is 10.1 Å². The van der Waals surface area contributed by atoms with Crippen LogP contribution in [0.5, 0.6) is 0 Å². The molecule has 0 bridgehead atoms. The summed E-state index contributed by atoms with van der Waals surface area (Å²) in [6.45, 7) is 4.05. The van der Waals surface area contributed by atoms with E-state index in [9.17, 15) is 14.7 Å². The second-order valence-corrected chi connectivity index (χ2v) is 9.68.